The van der Waals surface area contributed by atoms with Gasteiger partial charge in [-0.3, -0.25) is 23.7 Å². The van der Waals surface area contributed by atoms with E-state index in [2.05, 4.69) is 10.3 Å². The molecule has 176 valence electrons. The summed E-state index contributed by atoms with van der Waals surface area (Å²) in [7, 11) is 0. The highest BCUT2D eigenvalue weighted by atomic mass is 32.1. The van der Waals surface area contributed by atoms with E-state index in [1.807, 2.05) is 62.4 Å². The molecule has 4 aromatic rings. The third-order valence-corrected chi connectivity index (χ3v) is 5.88. The summed E-state index contributed by atoms with van der Waals surface area (Å²) < 4.78 is 3.05. The molecule has 2 N–H and O–H groups in total. The van der Waals surface area contributed by atoms with Crippen molar-refractivity contribution in [2.45, 2.75) is 20.8 Å². The maximum absolute atomic E-state index is 13.6. The zero-order valence-corrected chi connectivity index (χ0v) is 20.3. The van der Waals surface area contributed by atoms with Crippen molar-refractivity contribution < 1.29 is 9.90 Å². The normalized spacial score (nSPS) is 11.1. The van der Waals surface area contributed by atoms with Crippen LogP contribution in [0.15, 0.2) is 82.6 Å². The molecule has 0 unspecified atom stereocenters. The molecule has 0 radical (unpaired) electrons. The van der Waals surface area contributed by atoms with Gasteiger partial charge in [0.2, 0.25) is 11.8 Å². The summed E-state index contributed by atoms with van der Waals surface area (Å²) in [5.74, 6) is -0.467. The quantitative estimate of drug-likeness (QED) is 0.294. The van der Waals surface area contributed by atoms with Gasteiger partial charge in [-0.2, -0.15) is 0 Å². The number of amides is 1. The number of aromatic nitrogens is 2. The summed E-state index contributed by atoms with van der Waals surface area (Å²) in [6.07, 6.45) is 1.34. The third kappa shape index (κ3) is 4.83. The van der Waals surface area contributed by atoms with Gasteiger partial charge in [0.15, 0.2) is 4.77 Å². The molecular formula is C27H24N4O3S. The van der Waals surface area contributed by atoms with Crippen LogP contribution in [-0.4, -0.2) is 26.4 Å². The summed E-state index contributed by atoms with van der Waals surface area (Å²) in [5.41, 5.74) is 3.72. The zero-order valence-electron chi connectivity index (χ0n) is 19.5. The fourth-order valence-electron chi connectivity index (χ4n) is 3.76. The number of rotatable bonds is 5. The SMILES string of the molecule is CC(=O)Nc1ccc(N=Cc2c(O)n(-c3ccccc3C)c(=S)n(-c3ccccc3C)c2=O)cc1. The van der Waals surface area contributed by atoms with Crippen molar-refractivity contribution in [2.75, 3.05) is 5.32 Å². The van der Waals surface area contributed by atoms with E-state index in [9.17, 15) is 14.7 Å². The molecule has 4 rings (SSSR count). The molecule has 1 heterocycles. The summed E-state index contributed by atoms with van der Waals surface area (Å²) in [4.78, 5) is 29.3. The molecule has 3 aromatic carbocycles. The van der Waals surface area contributed by atoms with Gasteiger partial charge < -0.3 is 10.4 Å². The first-order chi connectivity index (χ1) is 16.8. The summed E-state index contributed by atoms with van der Waals surface area (Å²) in [6, 6.07) is 21.7. The average molecular weight is 485 g/mol. The van der Waals surface area contributed by atoms with Gasteiger partial charge in [-0.25, -0.2) is 0 Å². The van der Waals surface area contributed by atoms with E-state index in [1.54, 1.807) is 24.3 Å². The second kappa shape index (κ2) is 9.90. The molecule has 0 saturated carbocycles. The summed E-state index contributed by atoms with van der Waals surface area (Å²) >= 11 is 5.72. The molecule has 0 saturated heterocycles. The van der Waals surface area contributed by atoms with Crippen LogP contribution in [0.25, 0.3) is 11.4 Å². The Labute approximate surface area is 207 Å². The van der Waals surface area contributed by atoms with Crippen LogP contribution in [-0.2, 0) is 4.79 Å². The molecule has 35 heavy (non-hydrogen) atoms. The van der Waals surface area contributed by atoms with Gasteiger partial charge in [0, 0.05) is 18.8 Å². The molecule has 0 atom stereocenters. The lowest BCUT2D eigenvalue weighted by Crippen LogP contribution is -2.27. The van der Waals surface area contributed by atoms with Gasteiger partial charge in [-0.1, -0.05) is 36.4 Å². The van der Waals surface area contributed by atoms with Crippen LogP contribution >= 0.6 is 12.2 Å². The van der Waals surface area contributed by atoms with Crippen LogP contribution < -0.4 is 10.9 Å². The first kappa shape index (κ1) is 23.8. The second-order valence-electron chi connectivity index (χ2n) is 8.06. The molecule has 1 aromatic heterocycles. The number of carbonyl (C=O) groups is 1. The van der Waals surface area contributed by atoms with Crippen molar-refractivity contribution in [3.8, 4) is 17.3 Å². The number of nitrogens with one attached hydrogen (secondary N) is 1. The van der Waals surface area contributed by atoms with Crippen LogP contribution in [0.2, 0.25) is 0 Å². The number of nitrogens with zero attached hydrogens (tertiary/aromatic N) is 3. The minimum atomic E-state index is -0.481. The van der Waals surface area contributed by atoms with Crippen LogP contribution in [0.3, 0.4) is 0 Å². The minimum Gasteiger partial charge on any atom is -0.494 e. The van der Waals surface area contributed by atoms with Crippen LogP contribution in [0, 0.1) is 18.6 Å². The van der Waals surface area contributed by atoms with Gasteiger partial charge in [-0.15, -0.1) is 0 Å². The van der Waals surface area contributed by atoms with E-state index in [0.29, 0.717) is 22.7 Å². The molecular weight excluding hydrogens is 460 g/mol. The number of aromatic hydroxyl groups is 1. The Morgan fingerprint density at radius 2 is 1.46 bits per heavy atom. The van der Waals surface area contributed by atoms with E-state index in [-0.39, 0.29) is 22.1 Å². The van der Waals surface area contributed by atoms with Gasteiger partial charge in [0.25, 0.3) is 5.56 Å². The lowest BCUT2D eigenvalue weighted by atomic mass is 10.1. The maximum atomic E-state index is 13.6. The van der Waals surface area contributed by atoms with Gasteiger partial charge in [-0.05, 0) is 73.6 Å². The van der Waals surface area contributed by atoms with Crippen molar-refractivity contribution in [3.05, 3.63) is 105 Å². The molecule has 1 amide bonds. The average Bonchev–Trinajstić information content (AvgIpc) is 2.82. The van der Waals surface area contributed by atoms with E-state index >= 15 is 0 Å². The van der Waals surface area contributed by atoms with Gasteiger partial charge >= 0.3 is 0 Å². The molecule has 0 spiro atoms. The lowest BCUT2D eigenvalue weighted by molar-refractivity contribution is -0.114. The van der Waals surface area contributed by atoms with Crippen LogP contribution in [0.4, 0.5) is 11.4 Å². The Balaban J connectivity index is 1.93. The fourth-order valence-corrected chi connectivity index (χ4v) is 4.12. The highest BCUT2D eigenvalue weighted by Crippen LogP contribution is 2.25. The number of hydrogen-bond donors (Lipinski definition) is 2. The van der Waals surface area contributed by atoms with Crippen molar-refractivity contribution >= 4 is 35.7 Å². The summed E-state index contributed by atoms with van der Waals surface area (Å²) in [6.45, 7) is 5.23. The van der Waals surface area contributed by atoms with Crippen molar-refractivity contribution in [1.29, 1.82) is 0 Å². The molecule has 0 aliphatic rings. The number of aliphatic imine (C=N–C) groups is 1. The first-order valence-corrected chi connectivity index (χ1v) is 11.3. The van der Waals surface area contributed by atoms with Crippen molar-refractivity contribution in [1.82, 2.24) is 9.13 Å². The standard InChI is InChI=1S/C27H24N4O3S/c1-17-8-4-6-10-23(17)30-25(33)22(16-28-20-12-14-21(15-13-20)29-19(3)32)26(34)31(27(30)35)24-11-7-5-9-18(24)2/h4-16,33H,1-3H3,(H,29,32). The fraction of sp³-hybridized carbons (Fsp3) is 0.111. The minimum absolute atomic E-state index is 0.00366. The van der Waals surface area contributed by atoms with E-state index in [1.165, 1.54) is 22.3 Å². The number of hydrogen-bond acceptors (Lipinski definition) is 5. The van der Waals surface area contributed by atoms with Crippen LogP contribution in [0.1, 0.15) is 23.6 Å². The molecule has 8 heteroatoms. The van der Waals surface area contributed by atoms with Gasteiger partial charge in [0.05, 0.1) is 17.1 Å². The monoisotopic (exact) mass is 484 g/mol. The predicted molar refractivity (Wildman–Crippen MR) is 141 cm³/mol. The first-order valence-electron chi connectivity index (χ1n) is 10.9. The Bertz CT molecular complexity index is 1570. The molecule has 7 nitrogen and oxygen atoms in total. The number of carbonyl (C=O) groups excluding carboxylic acids is 1. The topological polar surface area (TPSA) is 88.6 Å². The van der Waals surface area contributed by atoms with E-state index < -0.39 is 5.56 Å². The lowest BCUT2D eigenvalue weighted by Gasteiger charge is -2.18. The Morgan fingerprint density at radius 3 is 2.00 bits per heavy atom. The van der Waals surface area contributed by atoms with Crippen molar-refractivity contribution in [2.24, 2.45) is 4.99 Å². The largest absolute Gasteiger partial charge is 0.494 e. The molecule has 0 fully saturated rings. The van der Waals surface area contributed by atoms with Crippen molar-refractivity contribution in [3.63, 3.8) is 0 Å². The summed E-state index contributed by atoms with van der Waals surface area (Å²) in [5, 5.41) is 13.9. The van der Waals surface area contributed by atoms with E-state index in [4.69, 9.17) is 12.2 Å². The van der Waals surface area contributed by atoms with E-state index in [0.717, 1.165) is 11.1 Å². The number of benzene rings is 3. The number of anilines is 1. The third-order valence-electron chi connectivity index (χ3n) is 5.51. The van der Waals surface area contributed by atoms with Crippen LogP contribution in [0.5, 0.6) is 5.88 Å². The molecule has 0 aliphatic heterocycles. The zero-order chi connectivity index (χ0) is 25.1. The Kier molecular flexibility index (Phi) is 6.75. The predicted octanol–water partition coefficient (Wildman–Crippen LogP) is 5.39. The number of para-hydroxylation sites is 2. The highest BCUT2D eigenvalue weighted by molar-refractivity contribution is 7.71. The Morgan fingerprint density at radius 1 is 0.914 bits per heavy atom. The Hall–Kier alpha value is -4.30. The molecule has 0 bridgehead atoms. The molecule has 0 aliphatic carbocycles. The second-order valence-corrected chi connectivity index (χ2v) is 8.42. The smallest absolute Gasteiger partial charge is 0.271 e. The maximum Gasteiger partial charge on any atom is 0.271 e. The van der Waals surface area contributed by atoms with Gasteiger partial charge in [0.1, 0.15) is 5.56 Å². The number of aryl methyl sites for hydroxylation is 2. The highest BCUT2D eigenvalue weighted by Gasteiger charge is 2.19.